The van der Waals surface area contributed by atoms with Crippen LogP contribution in [0.2, 0.25) is 0 Å². The molecule has 0 bridgehead atoms. The molecule has 1 heterocycles. The van der Waals surface area contributed by atoms with E-state index in [0.717, 1.165) is 89.7 Å². The zero-order valence-electron chi connectivity index (χ0n) is 27.8. The summed E-state index contributed by atoms with van der Waals surface area (Å²) >= 11 is 0. The molecule has 2 aliphatic carbocycles. The summed E-state index contributed by atoms with van der Waals surface area (Å²) in [7, 11) is 0. The van der Waals surface area contributed by atoms with E-state index in [-0.39, 0.29) is 5.41 Å². The van der Waals surface area contributed by atoms with Crippen LogP contribution in [0.15, 0.2) is 6.20 Å². The summed E-state index contributed by atoms with van der Waals surface area (Å²) < 4.78 is 65.0. The Morgan fingerprint density at radius 3 is 1.82 bits per heavy atom. The predicted octanol–water partition coefficient (Wildman–Crippen LogP) is 9.83. The quantitative estimate of drug-likeness (QED) is 0.287. The molecule has 6 nitrogen and oxygen atoms in total. The molecule has 3 rings (SSSR count). The van der Waals surface area contributed by atoms with E-state index >= 15 is 4.39 Å². The third kappa shape index (κ3) is 11.4. The number of aliphatic carboxylic acids is 1. The lowest BCUT2D eigenvalue weighted by atomic mass is 9.74. The minimum atomic E-state index is -4.68. The molecule has 0 aliphatic heterocycles. The van der Waals surface area contributed by atoms with Crippen LogP contribution in [0.5, 0.6) is 5.88 Å². The molecular formula is C35H57F4N3O3. The molecule has 0 radical (unpaired) electrons. The lowest BCUT2D eigenvalue weighted by molar-refractivity contribution is -0.231. The van der Waals surface area contributed by atoms with E-state index in [0.29, 0.717) is 50.8 Å². The van der Waals surface area contributed by atoms with Gasteiger partial charge in [-0.05, 0) is 50.4 Å². The summed E-state index contributed by atoms with van der Waals surface area (Å²) in [5.74, 6) is -2.26. The molecule has 0 aromatic carbocycles. The van der Waals surface area contributed by atoms with Crippen LogP contribution >= 0.6 is 0 Å². The fraction of sp³-hybridized carbons (Fsp3) is 0.857. The van der Waals surface area contributed by atoms with Crippen molar-refractivity contribution in [2.24, 2.45) is 16.6 Å². The van der Waals surface area contributed by atoms with Crippen molar-refractivity contribution in [3.05, 3.63) is 17.8 Å². The standard InChI is InChI=1S/C35H57F4N3O3/c1-32(24-27(40)29(43)44)18-12-11-15-22-34(3,23-17-16-19-32)31-41-25-26(36)28(42-31)45-30(35(37,38)39)33(2)20-13-9-7-5-4-6-8-10-14-21-33/h25,27,30H,4-24,40H2,1-3H3,(H,43,44)/t27-,30?,32?,34?/m0/s1. The Morgan fingerprint density at radius 2 is 1.29 bits per heavy atom. The molecule has 3 N–H and O–H groups in total. The molecule has 0 spiro atoms. The highest BCUT2D eigenvalue weighted by Gasteiger charge is 2.53. The highest BCUT2D eigenvalue weighted by Crippen LogP contribution is 2.45. The van der Waals surface area contributed by atoms with Crippen molar-refractivity contribution in [3.8, 4) is 5.88 Å². The van der Waals surface area contributed by atoms with Crippen LogP contribution in [0.3, 0.4) is 0 Å². The molecule has 0 amide bonds. The van der Waals surface area contributed by atoms with Gasteiger partial charge in [-0.3, -0.25) is 4.79 Å². The SMILES string of the molecule is CC1(C[C@H](N)C(=O)O)CCCCCC(C)(c2ncc(F)c(OC(C(F)(F)F)C3(C)CCCCCCCCCCC3)n2)CCCC1. The smallest absolute Gasteiger partial charge is 0.426 e. The minimum absolute atomic E-state index is 0.178. The Morgan fingerprint density at radius 1 is 0.844 bits per heavy atom. The summed E-state index contributed by atoms with van der Waals surface area (Å²) in [5.41, 5.74) is 3.97. The van der Waals surface area contributed by atoms with E-state index in [1.54, 1.807) is 6.92 Å². The van der Waals surface area contributed by atoms with E-state index in [4.69, 9.17) is 10.5 Å². The number of carboxylic acid groups (broad SMARTS) is 1. The van der Waals surface area contributed by atoms with Crippen molar-refractivity contribution in [3.63, 3.8) is 0 Å². The van der Waals surface area contributed by atoms with Crippen LogP contribution in [0.25, 0.3) is 0 Å². The Bertz CT molecular complexity index is 1060. The van der Waals surface area contributed by atoms with Crippen molar-refractivity contribution >= 4 is 5.97 Å². The van der Waals surface area contributed by atoms with Gasteiger partial charge in [0.25, 0.3) is 5.88 Å². The number of nitrogens with zero attached hydrogens (tertiary/aromatic N) is 2. The van der Waals surface area contributed by atoms with Crippen LogP contribution in [-0.2, 0) is 10.2 Å². The highest BCUT2D eigenvalue weighted by molar-refractivity contribution is 5.73. The van der Waals surface area contributed by atoms with Crippen molar-refractivity contribution in [2.75, 3.05) is 0 Å². The molecule has 2 aliphatic rings. The molecule has 2 saturated carbocycles. The molecule has 3 unspecified atom stereocenters. The third-order valence-electron chi connectivity index (χ3n) is 10.7. The van der Waals surface area contributed by atoms with Gasteiger partial charge < -0.3 is 15.6 Å². The lowest BCUT2D eigenvalue weighted by Gasteiger charge is -2.39. The first-order valence-corrected chi connectivity index (χ1v) is 17.4. The van der Waals surface area contributed by atoms with Crippen LogP contribution in [0.1, 0.15) is 161 Å². The number of nitrogens with two attached hydrogens (primary N) is 1. The van der Waals surface area contributed by atoms with Gasteiger partial charge in [0.2, 0.25) is 11.9 Å². The van der Waals surface area contributed by atoms with E-state index in [9.17, 15) is 23.1 Å². The van der Waals surface area contributed by atoms with Crippen LogP contribution < -0.4 is 10.5 Å². The van der Waals surface area contributed by atoms with Gasteiger partial charge in [0, 0.05) is 10.8 Å². The number of alkyl halides is 3. The monoisotopic (exact) mass is 643 g/mol. The normalized spacial score (nSPS) is 28.0. The van der Waals surface area contributed by atoms with Gasteiger partial charge in [-0.2, -0.15) is 22.5 Å². The zero-order valence-corrected chi connectivity index (χ0v) is 27.8. The summed E-state index contributed by atoms with van der Waals surface area (Å²) in [5, 5.41) is 9.35. The van der Waals surface area contributed by atoms with E-state index in [1.165, 1.54) is 6.42 Å². The Kier molecular flexibility index (Phi) is 13.9. The van der Waals surface area contributed by atoms with Crippen LogP contribution in [0.4, 0.5) is 17.6 Å². The average Bonchev–Trinajstić information content (AvgIpc) is 2.98. The average molecular weight is 644 g/mol. The second-order valence-electron chi connectivity index (χ2n) is 15.0. The second kappa shape index (κ2) is 16.7. The molecule has 10 heteroatoms. The minimum Gasteiger partial charge on any atom is -0.480 e. The lowest BCUT2D eigenvalue weighted by Crippen LogP contribution is -2.48. The van der Waals surface area contributed by atoms with Gasteiger partial charge in [-0.15, -0.1) is 0 Å². The Labute approximate surface area is 267 Å². The number of halogens is 4. The zero-order chi connectivity index (χ0) is 33.1. The topological polar surface area (TPSA) is 98.3 Å². The first-order valence-electron chi connectivity index (χ1n) is 17.4. The number of ether oxygens (including phenoxy) is 1. The second-order valence-corrected chi connectivity index (χ2v) is 15.0. The molecule has 45 heavy (non-hydrogen) atoms. The Balaban J connectivity index is 1.82. The fourth-order valence-electron chi connectivity index (χ4n) is 7.73. The van der Waals surface area contributed by atoms with Gasteiger partial charge in [0.15, 0.2) is 0 Å². The Hall–Kier alpha value is -1.97. The number of hydrogen-bond acceptors (Lipinski definition) is 5. The predicted molar refractivity (Wildman–Crippen MR) is 169 cm³/mol. The summed E-state index contributed by atoms with van der Waals surface area (Å²) in [6.07, 6.45) is 11.3. The van der Waals surface area contributed by atoms with Gasteiger partial charge in [0.05, 0.1) is 6.20 Å². The molecule has 0 saturated heterocycles. The van der Waals surface area contributed by atoms with Crippen LogP contribution in [0, 0.1) is 16.6 Å². The number of hydrogen-bond donors (Lipinski definition) is 2. The fourth-order valence-corrected chi connectivity index (χ4v) is 7.73. The van der Waals surface area contributed by atoms with Gasteiger partial charge in [-0.1, -0.05) is 111 Å². The molecule has 1 aromatic rings. The maximum absolute atomic E-state index is 15.2. The number of aromatic nitrogens is 2. The van der Waals surface area contributed by atoms with Crippen molar-refractivity contribution < 1.29 is 32.2 Å². The number of rotatable bonds is 7. The molecule has 1 aromatic heterocycles. The first-order chi connectivity index (χ1) is 21.2. The van der Waals surface area contributed by atoms with Crippen molar-refractivity contribution in [1.29, 1.82) is 0 Å². The van der Waals surface area contributed by atoms with Gasteiger partial charge >= 0.3 is 12.1 Å². The summed E-state index contributed by atoms with van der Waals surface area (Å²) in [4.78, 5) is 20.1. The van der Waals surface area contributed by atoms with E-state index in [1.807, 2.05) is 6.92 Å². The third-order valence-corrected chi connectivity index (χ3v) is 10.7. The molecule has 4 atom stereocenters. The van der Waals surface area contributed by atoms with Gasteiger partial charge in [-0.25, -0.2) is 4.98 Å². The molecule has 258 valence electrons. The van der Waals surface area contributed by atoms with Crippen LogP contribution in [-0.4, -0.2) is 39.4 Å². The highest BCUT2D eigenvalue weighted by atomic mass is 19.4. The summed E-state index contributed by atoms with van der Waals surface area (Å²) in [6, 6.07) is -0.898. The number of carboxylic acids is 1. The van der Waals surface area contributed by atoms with Crippen molar-refractivity contribution in [1.82, 2.24) is 9.97 Å². The molecular weight excluding hydrogens is 586 g/mol. The van der Waals surface area contributed by atoms with E-state index in [2.05, 4.69) is 16.9 Å². The van der Waals surface area contributed by atoms with Gasteiger partial charge in [0.1, 0.15) is 11.9 Å². The number of carbonyl (C=O) groups is 1. The largest absolute Gasteiger partial charge is 0.480 e. The van der Waals surface area contributed by atoms with E-state index < -0.39 is 46.8 Å². The molecule has 2 fully saturated rings. The summed E-state index contributed by atoms with van der Waals surface area (Å²) in [6.45, 7) is 5.77. The van der Waals surface area contributed by atoms with Crippen molar-refractivity contribution in [2.45, 2.75) is 179 Å². The first kappa shape index (κ1) is 37.5. The maximum Gasteiger partial charge on any atom is 0.426 e. The maximum atomic E-state index is 15.2.